The summed E-state index contributed by atoms with van der Waals surface area (Å²) in [5.41, 5.74) is 6.47. The van der Waals surface area contributed by atoms with Gasteiger partial charge in [0.05, 0.1) is 17.9 Å². The van der Waals surface area contributed by atoms with Crippen LogP contribution >= 0.6 is 0 Å². The summed E-state index contributed by atoms with van der Waals surface area (Å²) in [6.45, 7) is 5.76. The van der Waals surface area contributed by atoms with Gasteiger partial charge in [-0.15, -0.1) is 0 Å². The van der Waals surface area contributed by atoms with E-state index in [1.807, 2.05) is 12.1 Å². The lowest BCUT2D eigenvalue weighted by Crippen LogP contribution is -2.40. The van der Waals surface area contributed by atoms with E-state index < -0.39 is 0 Å². The largest absolute Gasteiger partial charge is 0.476 e. The van der Waals surface area contributed by atoms with Crippen molar-refractivity contribution in [1.82, 2.24) is 4.98 Å². The van der Waals surface area contributed by atoms with Gasteiger partial charge in [0.15, 0.2) is 0 Å². The normalized spacial score (nSPS) is 24.6. The summed E-state index contributed by atoms with van der Waals surface area (Å²) in [5.74, 6) is 2.08. The standard InChI is InChI=1S/C16H25N3O2/c1-16(2)9-12(7-8-21-16)18-14-6-5-13(17)15(19-14)20-10-11-3-4-11/h5-6,11-12H,3-4,7-10,17H2,1-2H3,(H,18,19). The molecule has 1 unspecified atom stereocenters. The Kier molecular flexibility index (Phi) is 3.93. The van der Waals surface area contributed by atoms with E-state index in [1.54, 1.807) is 0 Å². The molecule has 0 radical (unpaired) electrons. The summed E-state index contributed by atoms with van der Waals surface area (Å²) >= 11 is 0. The molecule has 116 valence electrons. The zero-order chi connectivity index (χ0) is 14.9. The Bertz CT molecular complexity index is 500. The first-order chi connectivity index (χ1) is 10.0. The lowest BCUT2D eigenvalue weighted by molar-refractivity contribution is -0.0553. The summed E-state index contributed by atoms with van der Waals surface area (Å²) in [6, 6.07) is 4.16. The molecule has 1 aromatic heterocycles. The van der Waals surface area contributed by atoms with Crippen molar-refractivity contribution in [2.75, 3.05) is 24.3 Å². The molecule has 1 aliphatic heterocycles. The minimum Gasteiger partial charge on any atom is -0.476 e. The van der Waals surface area contributed by atoms with Crippen molar-refractivity contribution in [1.29, 1.82) is 0 Å². The van der Waals surface area contributed by atoms with Crippen molar-refractivity contribution >= 4 is 11.5 Å². The number of hydrogen-bond donors (Lipinski definition) is 2. The van der Waals surface area contributed by atoms with E-state index in [0.29, 0.717) is 23.5 Å². The van der Waals surface area contributed by atoms with Crippen molar-refractivity contribution in [2.45, 2.75) is 51.2 Å². The van der Waals surface area contributed by atoms with Crippen molar-refractivity contribution in [3.8, 4) is 5.88 Å². The van der Waals surface area contributed by atoms with Crippen LogP contribution in [0.3, 0.4) is 0 Å². The van der Waals surface area contributed by atoms with Crippen LogP contribution in [0.1, 0.15) is 39.5 Å². The summed E-state index contributed by atoms with van der Waals surface area (Å²) in [5, 5.41) is 3.48. The van der Waals surface area contributed by atoms with Crippen LogP contribution in [-0.4, -0.2) is 29.8 Å². The number of hydrogen-bond acceptors (Lipinski definition) is 5. The number of nitrogens with two attached hydrogens (primary N) is 1. The molecule has 1 atom stereocenters. The number of nitrogens with zero attached hydrogens (tertiary/aromatic N) is 1. The number of nitrogen functional groups attached to an aromatic ring is 1. The number of anilines is 2. The summed E-state index contributed by atoms with van der Waals surface area (Å²) in [4.78, 5) is 4.51. The molecule has 21 heavy (non-hydrogen) atoms. The summed E-state index contributed by atoms with van der Waals surface area (Å²) in [6.07, 6.45) is 4.48. The van der Waals surface area contributed by atoms with Crippen LogP contribution in [0.2, 0.25) is 0 Å². The number of aromatic nitrogens is 1. The Morgan fingerprint density at radius 1 is 1.38 bits per heavy atom. The van der Waals surface area contributed by atoms with Gasteiger partial charge in [-0.1, -0.05) is 0 Å². The maximum absolute atomic E-state index is 5.94. The Hall–Kier alpha value is -1.49. The van der Waals surface area contributed by atoms with E-state index in [1.165, 1.54) is 12.8 Å². The van der Waals surface area contributed by atoms with E-state index >= 15 is 0 Å². The number of pyridine rings is 1. The lowest BCUT2D eigenvalue weighted by Gasteiger charge is -2.36. The Morgan fingerprint density at radius 3 is 2.90 bits per heavy atom. The van der Waals surface area contributed by atoms with Crippen LogP contribution in [0.4, 0.5) is 11.5 Å². The topological polar surface area (TPSA) is 69.4 Å². The van der Waals surface area contributed by atoms with Crippen LogP contribution in [0.25, 0.3) is 0 Å². The molecule has 2 fully saturated rings. The molecule has 1 aromatic rings. The minimum absolute atomic E-state index is 0.0744. The highest BCUT2D eigenvalue weighted by Crippen LogP contribution is 2.31. The maximum atomic E-state index is 5.94. The van der Waals surface area contributed by atoms with E-state index in [2.05, 4.69) is 24.1 Å². The fourth-order valence-corrected chi connectivity index (χ4v) is 2.69. The smallest absolute Gasteiger partial charge is 0.239 e. The molecule has 0 spiro atoms. The number of nitrogens with one attached hydrogen (secondary N) is 1. The lowest BCUT2D eigenvalue weighted by atomic mass is 9.94. The first kappa shape index (κ1) is 14.4. The van der Waals surface area contributed by atoms with Gasteiger partial charge in [0, 0.05) is 12.6 Å². The molecule has 1 saturated carbocycles. The molecular weight excluding hydrogens is 266 g/mol. The highest BCUT2D eigenvalue weighted by atomic mass is 16.5. The third kappa shape index (κ3) is 4.00. The summed E-state index contributed by atoms with van der Waals surface area (Å²) < 4.78 is 11.5. The first-order valence-corrected chi connectivity index (χ1v) is 7.82. The van der Waals surface area contributed by atoms with Gasteiger partial charge in [0.25, 0.3) is 0 Å². The van der Waals surface area contributed by atoms with Gasteiger partial charge in [-0.3, -0.25) is 0 Å². The fraction of sp³-hybridized carbons (Fsp3) is 0.688. The van der Waals surface area contributed by atoms with Crippen molar-refractivity contribution in [2.24, 2.45) is 5.92 Å². The molecule has 3 rings (SSSR count). The summed E-state index contributed by atoms with van der Waals surface area (Å²) in [7, 11) is 0. The van der Waals surface area contributed by atoms with Crippen molar-refractivity contribution in [3.05, 3.63) is 12.1 Å². The average molecular weight is 291 g/mol. The molecule has 1 aliphatic carbocycles. The van der Waals surface area contributed by atoms with Crippen LogP contribution in [0, 0.1) is 5.92 Å². The Labute approximate surface area is 126 Å². The second-order valence-electron chi connectivity index (χ2n) is 6.79. The number of rotatable bonds is 5. The van der Waals surface area contributed by atoms with Gasteiger partial charge < -0.3 is 20.5 Å². The highest BCUT2D eigenvalue weighted by molar-refractivity contribution is 5.53. The average Bonchev–Trinajstić information content (AvgIpc) is 3.22. The van der Waals surface area contributed by atoms with Gasteiger partial charge in [0.2, 0.25) is 5.88 Å². The van der Waals surface area contributed by atoms with Gasteiger partial charge in [-0.2, -0.15) is 4.98 Å². The molecule has 2 aliphatic rings. The zero-order valence-electron chi connectivity index (χ0n) is 12.9. The highest BCUT2D eigenvalue weighted by Gasteiger charge is 2.29. The van der Waals surface area contributed by atoms with E-state index in [4.69, 9.17) is 15.2 Å². The third-order valence-electron chi connectivity index (χ3n) is 4.09. The second kappa shape index (κ2) is 5.72. The van der Waals surface area contributed by atoms with Crippen LogP contribution in [-0.2, 0) is 4.74 Å². The van der Waals surface area contributed by atoms with Crippen LogP contribution < -0.4 is 15.8 Å². The SMILES string of the molecule is CC1(C)CC(Nc2ccc(N)c(OCC3CC3)n2)CCO1. The Morgan fingerprint density at radius 2 is 2.19 bits per heavy atom. The van der Waals surface area contributed by atoms with E-state index in [9.17, 15) is 0 Å². The van der Waals surface area contributed by atoms with E-state index in [0.717, 1.165) is 31.9 Å². The van der Waals surface area contributed by atoms with Crippen LogP contribution in [0.5, 0.6) is 5.88 Å². The van der Waals surface area contributed by atoms with Gasteiger partial charge >= 0.3 is 0 Å². The molecule has 0 aromatic carbocycles. The molecule has 3 N–H and O–H groups in total. The second-order valence-corrected chi connectivity index (χ2v) is 6.79. The van der Waals surface area contributed by atoms with Gasteiger partial charge in [-0.25, -0.2) is 0 Å². The maximum Gasteiger partial charge on any atom is 0.239 e. The van der Waals surface area contributed by atoms with Crippen molar-refractivity contribution in [3.63, 3.8) is 0 Å². The van der Waals surface area contributed by atoms with E-state index in [-0.39, 0.29) is 5.60 Å². The molecule has 2 heterocycles. The van der Waals surface area contributed by atoms with Gasteiger partial charge in [-0.05, 0) is 57.6 Å². The molecular formula is C16H25N3O2. The quantitative estimate of drug-likeness (QED) is 0.873. The van der Waals surface area contributed by atoms with Crippen molar-refractivity contribution < 1.29 is 9.47 Å². The zero-order valence-corrected chi connectivity index (χ0v) is 12.9. The predicted octanol–water partition coefficient (Wildman–Crippen LogP) is 2.82. The number of ether oxygens (including phenoxy) is 2. The van der Waals surface area contributed by atoms with Crippen LogP contribution in [0.15, 0.2) is 12.1 Å². The first-order valence-electron chi connectivity index (χ1n) is 7.82. The minimum atomic E-state index is -0.0744. The third-order valence-corrected chi connectivity index (χ3v) is 4.09. The predicted molar refractivity (Wildman–Crippen MR) is 83.5 cm³/mol. The monoisotopic (exact) mass is 291 g/mol. The molecule has 5 nitrogen and oxygen atoms in total. The molecule has 0 amide bonds. The molecule has 0 bridgehead atoms. The Balaban J connectivity index is 1.62. The van der Waals surface area contributed by atoms with Gasteiger partial charge in [0.1, 0.15) is 5.82 Å². The fourth-order valence-electron chi connectivity index (χ4n) is 2.69. The molecule has 1 saturated heterocycles. The molecule has 5 heteroatoms.